The number of esters is 1. The molecule has 1 aromatic heterocycles. The molecule has 4 aliphatic rings. The van der Waals surface area contributed by atoms with Gasteiger partial charge in [0.1, 0.15) is 0 Å². The molecule has 1 saturated heterocycles. The number of fused-ring (bicyclic) bond motifs is 8. The summed E-state index contributed by atoms with van der Waals surface area (Å²) in [6.45, 7) is 13.0. The van der Waals surface area contributed by atoms with E-state index in [1.165, 1.54) is 18.3 Å². The van der Waals surface area contributed by atoms with Crippen LogP contribution >= 0.6 is 0 Å². The summed E-state index contributed by atoms with van der Waals surface area (Å²) in [4.78, 5) is 42.8. The second-order valence-corrected chi connectivity index (χ2v) is 13.6. The molecule has 1 amide bonds. The highest BCUT2D eigenvalue weighted by atomic mass is 16.5. The molecule has 1 fully saturated rings. The van der Waals surface area contributed by atoms with Crippen LogP contribution in [0.5, 0.6) is 0 Å². The third kappa shape index (κ3) is 7.72. The van der Waals surface area contributed by atoms with E-state index in [4.69, 9.17) is 14.6 Å². The summed E-state index contributed by atoms with van der Waals surface area (Å²) >= 11 is 0. The predicted octanol–water partition coefficient (Wildman–Crippen LogP) is 4.11. The van der Waals surface area contributed by atoms with E-state index < -0.39 is 18.0 Å². The lowest BCUT2D eigenvalue weighted by Crippen LogP contribution is -2.38. The van der Waals surface area contributed by atoms with Crippen molar-refractivity contribution in [3.05, 3.63) is 79.2 Å². The van der Waals surface area contributed by atoms with Gasteiger partial charge >= 0.3 is 11.9 Å². The van der Waals surface area contributed by atoms with Gasteiger partial charge in [-0.1, -0.05) is 20.8 Å². The molecule has 12 nitrogen and oxygen atoms in total. The van der Waals surface area contributed by atoms with Crippen molar-refractivity contribution in [3.8, 4) is 0 Å². The molecule has 4 unspecified atom stereocenters. The lowest BCUT2D eigenvalue weighted by molar-refractivity contribution is -0.140. The first-order chi connectivity index (χ1) is 24.4. The van der Waals surface area contributed by atoms with E-state index in [9.17, 15) is 19.5 Å². The number of aliphatic hydroxyl groups excluding tert-OH is 1. The van der Waals surface area contributed by atoms with E-state index in [0.717, 1.165) is 63.7 Å². The van der Waals surface area contributed by atoms with E-state index >= 15 is 0 Å². The standard InChI is InChI=1S/C39H53N5O7/c1-8-24-20(3)28-17-30-22(5)26(10-11-34(46)47)37(43-30)27(16-35(48)50-7)38-36(39(49)40-12-14-51-15-13-45)23(6)31(44-38)19-33-25(9-2)21(4)29(42-33)18-32(24)41-28/h17-19,22,26,28,38,41-45H,8-16H2,1-7H3,(H,40,49)(H,46,47)/b30-17-,31-19-,32-18?,37-27-. The van der Waals surface area contributed by atoms with Crippen molar-refractivity contribution in [1.29, 1.82) is 0 Å². The Balaban J connectivity index is 1.76. The van der Waals surface area contributed by atoms with Crippen LogP contribution in [-0.4, -0.2) is 78.6 Å². The topological polar surface area (TPSA) is 174 Å². The molecular weight excluding hydrogens is 650 g/mol. The van der Waals surface area contributed by atoms with Crippen LogP contribution in [0.3, 0.4) is 0 Å². The minimum Gasteiger partial charge on any atom is -0.481 e. The van der Waals surface area contributed by atoms with Crippen LogP contribution < -0.4 is 21.3 Å². The number of carbonyl (C=O) groups is 3. The molecule has 8 bridgehead atoms. The Kier molecular flexibility index (Phi) is 12.0. The average Bonchev–Trinajstić information content (AvgIpc) is 3.78. The minimum absolute atomic E-state index is 0.0557. The number of H-pyrrole nitrogens is 1. The average molecular weight is 704 g/mol. The first-order valence-electron chi connectivity index (χ1n) is 18.0. The molecule has 0 saturated carbocycles. The molecule has 12 heteroatoms. The molecule has 4 aliphatic heterocycles. The second kappa shape index (κ2) is 16.2. The molecule has 4 atom stereocenters. The van der Waals surface area contributed by atoms with Gasteiger partial charge in [-0.05, 0) is 91.7 Å². The quantitative estimate of drug-likeness (QED) is 0.117. The Labute approximate surface area is 300 Å². The molecule has 5 heterocycles. The Morgan fingerprint density at radius 2 is 1.75 bits per heavy atom. The number of carboxylic acid groups (broad SMARTS) is 1. The van der Waals surface area contributed by atoms with Gasteiger partial charge in [0.15, 0.2) is 0 Å². The van der Waals surface area contributed by atoms with Crippen LogP contribution in [0.2, 0.25) is 0 Å². The summed E-state index contributed by atoms with van der Waals surface area (Å²) in [5, 5.41) is 32.8. The van der Waals surface area contributed by atoms with Gasteiger partial charge in [-0.15, -0.1) is 0 Å². The van der Waals surface area contributed by atoms with Gasteiger partial charge in [0.05, 0.1) is 45.4 Å². The molecule has 1 aromatic rings. The summed E-state index contributed by atoms with van der Waals surface area (Å²) in [6, 6.07) is -0.811. The first-order valence-corrected chi connectivity index (χ1v) is 18.0. The maximum atomic E-state index is 14.1. The maximum Gasteiger partial charge on any atom is 0.309 e. The number of ether oxygens (including phenoxy) is 2. The second-order valence-electron chi connectivity index (χ2n) is 13.6. The number of allylic oxidation sites excluding steroid dienone is 4. The fourth-order valence-corrected chi connectivity index (χ4v) is 7.90. The van der Waals surface area contributed by atoms with E-state index in [2.05, 4.69) is 73.0 Å². The summed E-state index contributed by atoms with van der Waals surface area (Å²) in [7, 11) is 1.34. The summed E-state index contributed by atoms with van der Waals surface area (Å²) in [5.74, 6) is -2.05. The zero-order chi connectivity index (χ0) is 37.0. The first kappa shape index (κ1) is 37.7. The third-order valence-electron chi connectivity index (χ3n) is 10.7. The number of methoxy groups -OCH3 is 1. The van der Waals surface area contributed by atoms with E-state index in [1.54, 1.807) is 0 Å². The zero-order valence-electron chi connectivity index (χ0n) is 30.8. The molecule has 0 radical (unpaired) electrons. The summed E-state index contributed by atoms with van der Waals surface area (Å²) in [5.41, 5.74) is 12.0. The number of carbonyl (C=O) groups excluding carboxylic acids is 2. The number of aromatic nitrogens is 1. The van der Waals surface area contributed by atoms with Gasteiger partial charge in [0.2, 0.25) is 5.91 Å². The molecular formula is C39H53N5O7. The van der Waals surface area contributed by atoms with Crippen molar-refractivity contribution in [1.82, 2.24) is 26.3 Å². The van der Waals surface area contributed by atoms with Gasteiger partial charge < -0.3 is 45.9 Å². The highest BCUT2D eigenvalue weighted by Gasteiger charge is 2.42. The fraction of sp³-hybridized carbons (Fsp3) is 0.513. The zero-order valence-corrected chi connectivity index (χ0v) is 30.8. The predicted molar refractivity (Wildman–Crippen MR) is 196 cm³/mol. The lowest BCUT2D eigenvalue weighted by atomic mass is 9.83. The normalized spacial score (nSPS) is 26.1. The van der Waals surface area contributed by atoms with E-state index in [-0.39, 0.29) is 63.0 Å². The number of aliphatic hydroxyl groups is 1. The Morgan fingerprint density at radius 3 is 2.41 bits per heavy atom. The number of carboxylic acids is 1. The Hall–Kier alpha value is -4.55. The van der Waals surface area contributed by atoms with Crippen LogP contribution in [0.4, 0.5) is 0 Å². The molecule has 0 spiro atoms. The number of hydrogen-bond acceptors (Lipinski definition) is 9. The Morgan fingerprint density at radius 1 is 1.00 bits per heavy atom. The van der Waals surface area contributed by atoms with Gasteiger partial charge in [0.25, 0.3) is 0 Å². The van der Waals surface area contributed by atoms with Crippen LogP contribution in [-0.2, 0) is 30.3 Å². The van der Waals surface area contributed by atoms with Gasteiger partial charge in [-0.2, -0.15) is 0 Å². The largest absolute Gasteiger partial charge is 0.481 e. The number of nitrogens with one attached hydrogen (secondary N) is 5. The van der Waals surface area contributed by atoms with Crippen molar-refractivity contribution < 1.29 is 34.1 Å². The van der Waals surface area contributed by atoms with Crippen molar-refractivity contribution >= 4 is 30.0 Å². The molecule has 0 aliphatic carbocycles. The number of aliphatic carboxylic acids is 1. The van der Waals surface area contributed by atoms with Crippen LogP contribution in [0.15, 0.2) is 56.7 Å². The van der Waals surface area contributed by atoms with Gasteiger partial charge in [-0.25, -0.2) is 0 Å². The SMILES string of the molecule is CCC1=C(C)C2/C=C3\N/C(=C(/CC(=O)OC)C4N/C(=C\c5[nH]c(c(C)c5CC)C=C1N2)C(C)=C4C(=O)NCCOCCO)C(CCC(=O)O)C3C. The monoisotopic (exact) mass is 703 g/mol. The summed E-state index contributed by atoms with van der Waals surface area (Å²) in [6.07, 6.45) is 8.22. The molecule has 51 heavy (non-hydrogen) atoms. The van der Waals surface area contributed by atoms with Crippen LogP contribution in [0.1, 0.15) is 82.8 Å². The number of rotatable bonds is 13. The van der Waals surface area contributed by atoms with E-state index in [1.807, 2.05) is 13.0 Å². The highest BCUT2D eigenvalue weighted by molar-refractivity contribution is 5.99. The highest BCUT2D eigenvalue weighted by Crippen LogP contribution is 2.43. The van der Waals surface area contributed by atoms with Crippen LogP contribution in [0, 0.1) is 18.8 Å². The molecule has 5 rings (SSSR count). The smallest absolute Gasteiger partial charge is 0.309 e. The van der Waals surface area contributed by atoms with Crippen molar-refractivity contribution in [3.63, 3.8) is 0 Å². The van der Waals surface area contributed by atoms with Crippen molar-refractivity contribution in [2.75, 3.05) is 33.5 Å². The van der Waals surface area contributed by atoms with Crippen LogP contribution in [0.25, 0.3) is 12.2 Å². The van der Waals surface area contributed by atoms with Crippen molar-refractivity contribution in [2.45, 2.75) is 85.7 Å². The minimum atomic E-state index is -0.902. The Bertz CT molecular complexity index is 1760. The van der Waals surface area contributed by atoms with E-state index in [0.29, 0.717) is 17.6 Å². The fourth-order valence-electron chi connectivity index (χ4n) is 7.90. The summed E-state index contributed by atoms with van der Waals surface area (Å²) < 4.78 is 10.6. The molecule has 7 N–H and O–H groups in total. The number of amides is 1. The molecule has 276 valence electrons. The maximum absolute atomic E-state index is 14.1. The van der Waals surface area contributed by atoms with Gasteiger partial charge in [0, 0.05) is 64.6 Å². The molecule has 0 aromatic carbocycles. The van der Waals surface area contributed by atoms with Crippen molar-refractivity contribution in [2.24, 2.45) is 11.8 Å². The lowest BCUT2D eigenvalue weighted by Gasteiger charge is -2.25. The third-order valence-corrected chi connectivity index (χ3v) is 10.7. The number of aromatic amines is 1. The van der Waals surface area contributed by atoms with Gasteiger partial charge in [-0.3, -0.25) is 14.4 Å². The number of hydrogen-bond donors (Lipinski definition) is 7.